The van der Waals surface area contributed by atoms with Crippen LogP contribution >= 0.6 is 0 Å². The number of hydrogen-bond donors (Lipinski definition) is 2. The van der Waals surface area contributed by atoms with Crippen molar-refractivity contribution in [2.24, 2.45) is 0 Å². The molecule has 0 heterocycles. The van der Waals surface area contributed by atoms with Crippen LogP contribution in [0.2, 0.25) is 0 Å². The van der Waals surface area contributed by atoms with E-state index in [1.807, 2.05) is 20.8 Å². The minimum absolute atomic E-state index is 0.0131. The molecule has 10 heteroatoms. The Labute approximate surface area is 192 Å². The molecule has 0 radical (unpaired) electrons. The van der Waals surface area contributed by atoms with E-state index in [2.05, 4.69) is 10.6 Å². The quantitative estimate of drug-likeness (QED) is 0.140. The third-order valence-electron chi connectivity index (χ3n) is 3.86. The van der Waals surface area contributed by atoms with Crippen molar-refractivity contribution in [1.29, 1.82) is 0 Å². The number of esters is 1. The van der Waals surface area contributed by atoms with Crippen LogP contribution in [0.1, 0.15) is 52.9 Å². The molecule has 0 unspecified atom stereocenters. The fraction of sp³-hybridized carbons (Fsp3) is 0.864. The average molecular weight is 463 g/mol. The Morgan fingerprint density at radius 2 is 1.28 bits per heavy atom. The Morgan fingerprint density at radius 1 is 0.719 bits per heavy atom. The van der Waals surface area contributed by atoms with E-state index in [0.717, 1.165) is 19.3 Å². The number of hydrogen-bond acceptors (Lipinski definition) is 8. The fourth-order valence-corrected chi connectivity index (χ4v) is 2.41. The molecule has 0 atom stereocenters. The van der Waals surface area contributed by atoms with Gasteiger partial charge in [-0.2, -0.15) is 0 Å². The van der Waals surface area contributed by atoms with Crippen LogP contribution in [0.4, 0.5) is 0 Å². The molecule has 0 saturated heterocycles. The summed E-state index contributed by atoms with van der Waals surface area (Å²) in [5.41, 5.74) is -0.473. The third kappa shape index (κ3) is 24.5. The van der Waals surface area contributed by atoms with E-state index in [1.165, 1.54) is 0 Å². The van der Waals surface area contributed by atoms with Crippen LogP contribution < -0.4 is 10.6 Å². The van der Waals surface area contributed by atoms with Crippen LogP contribution in [0.15, 0.2) is 0 Å². The van der Waals surface area contributed by atoms with Gasteiger partial charge in [-0.05, 0) is 33.6 Å². The lowest BCUT2D eigenvalue weighted by molar-refractivity contribution is -0.156. The molecule has 2 amide bonds. The van der Waals surface area contributed by atoms with Gasteiger partial charge in [0.2, 0.25) is 12.3 Å². The molecular weight excluding hydrogens is 420 g/mol. The van der Waals surface area contributed by atoms with E-state index in [-0.39, 0.29) is 18.3 Å². The molecule has 0 aromatic heterocycles. The number of carbonyl (C=O) groups is 3. The second-order valence-corrected chi connectivity index (χ2v) is 8.02. The number of carbonyl (C=O) groups excluding carboxylic acids is 3. The first-order valence-electron chi connectivity index (χ1n) is 11.3. The summed E-state index contributed by atoms with van der Waals surface area (Å²) in [6.07, 6.45) is 3.99. The van der Waals surface area contributed by atoms with Crippen molar-refractivity contribution in [2.45, 2.75) is 58.5 Å². The summed E-state index contributed by atoms with van der Waals surface area (Å²) < 4.78 is 26.7. The van der Waals surface area contributed by atoms with Gasteiger partial charge in [-0.25, -0.2) is 0 Å². The molecule has 0 aliphatic rings. The molecule has 0 aliphatic carbocycles. The lowest BCUT2D eigenvalue weighted by atomic mass is 10.2. The molecule has 0 aromatic carbocycles. The minimum Gasteiger partial charge on any atom is -0.460 e. The predicted molar refractivity (Wildman–Crippen MR) is 119 cm³/mol. The summed E-state index contributed by atoms with van der Waals surface area (Å²) in [7, 11) is 0. The van der Waals surface area contributed by atoms with Crippen molar-refractivity contribution >= 4 is 18.3 Å². The Morgan fingerprint density at radius 3 is 1.84 bits per heavy atom. The lowest BCUT2D eigenvalue weighted by Gasteiger charge is -2.19. The maximum atomic E-state index is 11.6. The molecule has 0 aliphatic heterocycles. The van der Waals surface area contributed by atoms with Crippen molar-refractivity contribution in [2.75, 3.05) is 65.9 Å². The molecule has 188 valence electrons. The maximum Gasteiger partial charge on any atom is 0.308 e. The van der Waals surface area contributed by atoms with Crippen LogP contribution in [-0.2, 0) is 38.1 Å². The Hall–Kier alpha value is -1.75. The van der Waals surface area contributed by atoms with Gasteiger partial charge in [-0.1, -0.05) is 6.42 Å². The van der Waals surface area contributed by atoms with E-state index in [9.17, 15) is 14.4 Å². The van der Waals surface area contributed by atoms with Crippen molar-refractivity contribution in [3.8, 4) is 0 Å². The Kier molecular flexibility index (Phi) is 20.0. The molecule has 0 fully saturated rings. The highest BCUT2D eigenvalue weighted by Gasteiger charge is 2.15. The Bertz CT molecular complexity index is 483. The molecule has 32 heavy (non-hydrogen) atoms. The zero-order chi connectivity index (χ0) is 23.9. The fourth-order valence-electron chi connectivity index (χ4n) is 2.41. The molecule has 2 N–H and O–H groups in total. The number of ether oxygens (including phenoxy) is 5. The first kappa shape index (κ1) is 30.2. The van der Waals surface area contributed by atoms with E-state index >= 15 is 0 Å². The molecule has 0 rings (SSSR count). The highest BCUT2D eigenvalue weighted by atomic mass is 16.6. The first-order chi connectivity index (χ1) is 15.3. The van der Waals surface area contributed by atoms with E-state index in [4.69, 9.17) is 23.7 Å². The summed E-state index contributed by atoms with van der Waals surface area (Å²) in [6, 6.07) is 0. The summed E-state index contributed by atoms with van der Waals surface area (Å²) in [6.45, 7) is 10.0. The largest absolute Gasteiger partial charge is 0.460 e. The summed E-state index contributed by atoms with van der Waals surface area (Å²) in [4.78, 5) is 33.2. The van der Waals surface area contributed by atoms with Gasteiger partial charge >= 0.3 is 5.97 Å². The summed E-state index contributed by atoms with van der Waals surface area (Å²) in [5, 5.41) is 5.40. The van der Waals surface area contributed by atoms with Crippen LogP contribution in [0, 0.1) is 0 Å². The van der Waals surface area contributed by atoms with Crippen molar-refractivity contribution in [1.82, 2.24) is 10.6 Å². The van der Waals surface area contributed by atoms with Crippen molar-refractivity contribution < 1.29 is 38.1 Å². The number of nitrogens with one attached hydrogen (secondary N) is 2. The van der Waals surface area contributed by atoms with Gasteiger partial charge in [0, 0.05) is 19.5 Å². The zero-order valence-corrected chi connectivity index (χ0v) is 19.9. The van der Waals surface area contributed by atoms with Crippen LogP contribution in [0.3, 0.4) is 0 Å². The van der Waals surface area contributed by atoms with Gasteiger partial charge < -0.3 is 34.3 Å². The maximum absolute atomic E-state index is 11.6. The first-order valence-corrected chi connectivity index (χ1v) is 11.3. The van der Waals surface area contributed by atoms with Gasteiger partial charge in [-0.15, -0.1) is 0 Å². The van der Waals surface area contributed by atoms with Gasteiger partial charge in [0.25, 0.3) is 0 Å². The number of rotatable bonds is 22. The van der Waals surface area contributed by atoms with E-state index in [0.29, 0.717) is 78.8 Å². The number of unbranched alkanes of at least 4 members (excludes halogenated alkanes) is 2. The molecule has 0 aromatic rings. The molecule has 0 spiro atoms. The van der Waals surface area contributed by atoms with Gasteiger partial charge in [0.1, 0.15) is 5.60 Å². The third-order valence-corrected chi connectivity index (χ3v) is 3.86. The van der Waals surface area contributed by atoms with Gasteiger partial charge in [0.05, 0.1) is 59.3 Å². The smallest absolute Gasteiger partial charge is 0.308 e. The Balaban J connectivity index is 3.22. The van der Waals surface area contributed by atoms with E-state index in [1.54, 1.807) is 0 Å². The van der Waals surface area contributed by atoms with Crippen molar-refractivity contribution in [3.05, 3.63) is 0 Å². The molecule has 0 bridgehead atoms. The highest BCUT2D eigenvalue weighted by Crippen LogP contribution is 2.08. The SMILES string of the molecule is CC(C)(C)OC(=O)CCOCCOCCOCCOCCNC(=O)CCCCCNC=O. The number of amides is 2. The standard InChI is InChI=1S/C22H42N2O8/c1-22(2,3)32-21(27)8-11-28-13-15-30-17-18-31-16-14-29-12-10-24-20(26)7-5-4-6-9-23-19-25/h19H,4-18H2,1-3H3,(H,23,25)(H,24,26). The van der Waals surface area contributed by atoms with Gasteiger partial charge in [-0.3, -0.25) is 14.4 Å². The second-order valence-electron chi connectivity index (χ2n) is 8.02. The van der Waals surface area contributed by atoms with E-state index < -0.39 is 5.60 Å². The second kappa shape index (κ2) is 21.1. The molecule has 0 saturated carbocycles. The van der Waals surface area contributed by atoms with Crippen LogP contribution in [0.5, 0.6) is 0 Å². The van der Waals surface area contributed by atoms with Crippen LogP contribution in [0.25, 0.3) is 0 Å². The summed E-state index contributed by atoms with van der Waals surface area (Å²) in [5.74, 6) is -0.257. The molecular formula is C22H42N2O8. The monoisotopic (exact) mass is 462 g/mol. The normalized spacial score (nSPS) is 11.2. The van der Waals surface area contributed by atoms with Gasteiger partial charge in [0.15, 0.2) is 0 Å². The molecule has 10 nitrogen and oxygen atoms in total. The lowest BCUT2D eigenvalue weighted by Crippen LogP contribution is -2.27. The topological polar surface area (TPSA) is 121 Å². The zero-order valence-electron chi connectivity index (χ0n) is 19.9. The highest BCUT2D eigenvalue weighted by molar-refractivity contribution is 5.75. The van der Waals surface area contributed by atoms with Crippen molar-refractivity contribution in [3.63, 3.8) is 0 Å². The predicted octanol–water partition coefficient (Wildman–Crippen LogP) is 1.21. The average Bonchev–Trinajstić information content (AvgIpc) is 2.72. The summed E-state index contributed by atoms with van der Waals surface area (Å²) >= 11 is 0. The minimum atomic E-state index is -0.473. The van der Waals surface area contributed by atoms with Crippen LogP contribution in [-0.4, -0.2) is 89.8 Å².